The summed E-state index contributed by atoms with van der Waals surface area (Å²) in [4.78, 5) is 3.41. The first-order chi connectivity index (χ1) is 9.88. The van der Waals surface area contributed by atoms with Crippen molar-refractivity contribution in [1.29, 1.82) is 0 Å². The first kappa shape index (κ1) is 11.7. The van der Waals surface area contributed by atoms with Crippen LogP contribution in [0.1, 0.15) is 35.1 Å². The van der Waals surface area contributed by atoms with E-state index in [9.17, 15) is 0 Å². The molecular weight excluding hydrogens is 244 g/mol. The molecule has 0 amide bonds. The van der Waals surface area contributed by atoms with Gasteiger partial charge in [-0.05, 0) is 36.2 Å². The average Bonchev–Trinajstić information content (AvgIpc) is 3.08. The Balaban J connectivity index is 1.88. The van der Waals surface area contributed by atoms with E-state index in [1.165, 1.54) is 27.6 Å². The molecular formula is C18H18N2. The van der Waals surface area contributed by atoms with Crippen molar-refractivity contribution < 1.29 is 0 Å². The maximum Gasteiger partial charge on any atom is 0.0457 e. The van der Waals surface area contributed by atoms with Gasteiger partial charge in [-0.15, -0.1) is 0 Å². The molecule has 4 rings (SSSR count). The van der Waals surface area contributed by atoms with Crippen LogP contribution < -0.4 is 5.32 Å². The molecule has 1 aliphatic rings. The molecule has 0 fully saturated rings. The molecule has 2 nitrogen and oxygen atoms in total. The van der Waals surface area contributed by atoms with Gasteiger partial charge in [-0.3, -0.25) is 0 Å². The molecule has 100 valence electrons. The van der Waals surface area contributed by atoms with Crippen LogP contribution in [-0.2, 0) is 0 Å². The van der Waals surface area contributed by atoms with E-state index in [4.69, 9.17) is 0 Å². The van der Waals surface area contributed by atoms with E-state index in [1.807, 2.05) is 0 Å². The molecule has 0 bridgehead atoms. The number of hydrogen-bond acceptors (Lipinski definition) is 1. The number of H-pyrrole nitrogens is 1. The fourth-order valence-corrected chi connectivity index (χ4v) is 3.59. The minimum atomic E-state index is 0.463. The molecule has 0 radical (unpaired) electrons. The van der Waals surface area contributed by atoms with E-state index in [2.05, 4.69) is 72.1 Å². The Morgan fingerprint density at radius 2 is 1.70 bits per heavy atom. The highest BCUT2D eigenvalue weighted by atomic mass is 14.9. The first-order valence-corrected chi connectivity index (χ1v) is 7.20. The number of aromatic nitrogens is 1. The summed E-state index contributed by atoms with van der Waals surface area (Å²) < 4.78 is 0. The summed E-state index contributed by atoms with van der Waals surface area (Å²) in [5, 5.41) is 4.80. The van der Waals surface area contributed by atoms with Crippen LogP contribution in [0.4, 0.5) is 0 Å². The molecule has 1 heterocycles. The zero-order valence-electron chi connectivity index (χ0n) is 11.6. The second-order valence-corrected chi connectivity index (χ2v) is 5.55. The highest BCUT2D eigenvalue weighted by Gasteiger charge is 2.31. The Morgan fingerprint density at radius 3 is 2.55 bits per heavy atom. The maximum absolute atomic E-state index is 3.45. The highest BCUT2D eigenvalue weighted by Crippen LogP contribution is 2.45. The Morgan fingerprint density at radius 1 is 0.950 bits per heavy atom. The summed E-state index contributed by atoms with van der Waals surface area (Å²) in [6.45, 7) is 0. The molecule has 2 N–H and O–H groups in total. The van der Waals surface area contributed by atoms with Gasteiger partial charge in [0, 0.05) is 29.1 Å². The number of aromatic amines is 1. The lowest BCUT2D eigenvalue weighted by Crippen LogP contribution is -2.13. The minimum absolute atomic E-state index is 0.463. The van der Waals surface area contributed by atoms with Crippen molar-refractivity contribution in [3.63, 3.8) is 0 Å². The van der Waals surface area contributed by atoms with Gasteiger partial charge >= 0.3 is 0 Å². The van der Waals surface area contributed by atoms with Gasteiger partial charge in [0.25, 0.3) is 0 Å². The van der Waals surface area contributed by atoms with Gasteiger partial charge in [-0.2, -0.15) is 0 Å². The smallest absolute Gasteiger partial charge is 0.0457 e. The zero-order chi connectivity index (χ0) is 13.5. The van der Waals surface area contributed by atoms with Crippen molar-refractivity contribution in [2.24, 2.45) is 0 Å². The molecule has 2 aromatic carbocycles. The third-order valence-electron chi connectivity index (χ3n) is 4.56. The predicted octanol–water partition coefficient (Wildman–Crippen LogP) is 3.96. The van der Waals surface area contributed by atoms with Gasteiger partial charge in [-0.25, -0.2) is 0 Å². The second kappa shape index (κ2) is 4.50. The van der Waals surface area contributed by atoms with Crippen molar-refractivity contribution in [2.45, 2.75) is 18.4 Å². The molecule has 20 heavy (non-hydrogen) atoms. The van der Waals surface area contributed by atoms with Crippen molar-refractivity contribution >= 4 is 10.9 Å². The lowest BCUT2D eigenvalue weighted by Gasteiger charge is -2.11. The minimum Gasteiger partial charge on any atom is -0.361 e. The lowest BCUT2D eigenvalue weighted by molar-refractivity contribution is 0.566. The molecule has 0 saturated carbocycles. The summed E-state index contributed by atoms with van der Waals surface area (Å²) in [5.74, 6) is 0.486. The van der Waals surface area contributed by atoms with E-state index in [1.54, 1.807) is 0 Å². The maximum atomic E-state index is 3.45. The van der Waals surface area contributed by atoms with Crippen LogP contribution in [0.2, 0.25) is 0 Å². The summed E-state index contributed by atoms with van der Waals surface area (Å²) >= 11 is 0. The fraction of sp³-hybridized carbons (Fsp3) is 0.222. The third-order valence-corrected chi connectivity index (χ3v) is 4.56. The number of para-hydroxylation sites is 1. The van der Waals surface area contributed by atoms with E-state index < -0.39 is 0 Å². The summed E-state index contributed by atoms with van der Waals surface area (Å²) in [6, 6.07) is 17.9. The van der Waals surface area contributed by atoms with E-state index in [0.717, 1.165) is 6.42 Å². The quantitative estimate of drug-likeness (QED) is 0.718. The monoisotopic (exact) mass is 262 g/mol. The second-order valence-electron chi connectivity index (χ2n) is 5.55. The topological polar surface area (TPSA) is 27.8 Å². The highest BCUT2D eigenvalue weighted by molar-refractivity contribution is 5.84. The van der Waals surface area contributed by atoms with E-state index in [-0.39, 0.29) is 0 Å². The van der Waals surface area contributed by atoms with E-state index >= 15 is 0 Å². The molecule has 0 unspecified atom stereocenters. The van der Waals surface area contributed by atoms with Crippen molar-refractivity contribution in [3.8, 4) is 0 Å². The van der Waals surface area contributed by atoms with Gasteiger partial charge in [0.1, 0.15) is 0 Å². The SMILES string of the molecule is CN[C@H]1C[C@@H](c2c[nH]c3ccccc23)c2ccccc21. The number of fused-ring (bicyclic) bond motifs is 2. The number of nitrogens with one attached hydrogen (secondary N) is 2. The largest absolute Gasteiger partial charge is 0.361 e. The molecule has 3 aromatic rings. The Bertz CT molecular complexity index is 757. The summed E-state index contributed by atoms with van der Waals surface area (Å²) in [6.07, 6.45) is 3.32. The van der Waals surface area contributed by atoms with Gasteiger partial charge < -0.3 is 10.3 Å². The standard InChI is InChI=1S/C18H18N2/c1-19-18-10-15(12-6-2-3-7-13(12)18)16-11-20-17-9-5-4-8-14(16)17/h2-9,11,15,18-20H,10H2,1H3/t15-,18+/m1/s1. The molecule has 1 aromatic heterocycles. The molecule has 2 heteroatoms. The molecule has 0 aliphatic heterocycles. The normalized spacial score (nSPS) is 21.2. The summed E-state index contributed by atoms with van der Waals surface area (Å²) in [5.41, 5.74) is 5.57. The Hall–Kier alpha value is -2.06. The molecule has 1 aliphatic carbocycles. The van der Waals surface area contributed by atoms with E-state index in [0.29, 0.717) is 12.0 Å². The van der Waals surface area contributed by atoms with Crippen LogP contribution in [0.5, 0.6) is 0 Å². The van der Waals surface area contributed by atoms with Crippen molar-refractivity contribution in [2.75, 3.05) is 7.05 Å². The fourth-order valence-electron chi connectivity index (χ4n) is 3.59. The van der Waals surface area contributed by atoms with Crippen molar-refractivity contribution in [1.82, 2.24) is 10.3 Å². The Kier molecular flexibility index (Phi) is 2.64. The van der Waals surface area contributed by atoms with Gasteiger partial charge in [-0.1, -0.05) is 42.5 Å². The molecule has 0 spiro atoms. The predicted molar refractivity (Wildman–Crippen MR) is 83.0 cm³/mol. The number of benzene rings is 2. The number of hydrogen-bond donors (Lipinski definition) is 2. The van der Waals surface area contributed by atoms with Crippen LogP contribution in [0, 0.1) is 0 Å². The molecule has 2 atom stereocenters. The molecule has 0 saturated heterocycles. The van der Waals surface area contributed by atoms with Crippen LogP contribution in [0.25, 0.3) is 10.9 Å². The lowest BCUT2D eigenvalue weighted by atomic mass is 9.93. The Labute approximate surface area is 118 Å². The third kappa shape index (κ3) is 1.61. The van der Waals surface area contributed by atoms with Crippen molar-refractivity contribution in [3.05, 3.63) is 71.4 Å². The van der Waals surface area contributed by atoms with Crippen LogP contribution in [0.3, 0.4) is 0 Å². The number of rotatable bonds is 2. The van der Waals surface area contributed by atoms with Gasteiger partial charge in [0.15, 0.2) is 0 Å². The van der Waals surface area contributed by atoms with Gasteiger partial charge in [0.05, 0.1) is 0 Å². The average molecular weight is 262 g/mol. The summed E-state index contributed by atoms with van der Waals surface area (Å²) in [7, 11) is 2.05. The van der Waals surface area contributed by atoms with Crippen LogP contribution in [0.15, 0.2) is 54.7 Å². The zero-order valence-corrected chi connectivity index (χ0v) is 11.6. The van der Waals surface area contributed by atoms with Crippen LogP contribution >= 0.6 is 0 Å². The van der Waals surface area contributed by atoms with Gasteiger partial charge in [0.2, 0.25) is 0 Å². The van der Waals surface area contributed by atoms with Crippen LogP contribution in [-0.4, -0.2) is 12.0 Å². The first-order valence-electron chi connectivity index (χ1n) is 7.20.